The Hall–Kier alpha value is -1.08. The molecule has 1 atom stereocenters. The number of rotatable bonds is 2. The largest absolute Gasteiger partial charge is 0.477 e. The summed E-state index contributed by atoms with van der Waals surface area (Å²) in [5.41, 5.74) is 0. The van der Waals surface area contributed by atoms with Gasteiger partial charge in [-0.15, -0.1) is 0 Å². The molecule has 1 saturated heterocycles. The van der Waals surface area contributed by atoms with Crippen molar-refractivity contribution in [3.8, 4) is 0 Å². The van der Waals surface area contributed by atoms with Crippen LogP contribution >= 0.6 is 24.0 Å². The molecule has 7 heteroatoms. The van der Waals surface area contributed by atoms with Crippen LogP contribution < -0.4 is 4.90 Å². The summed E-state index contributed by atoms with van der Waals surface area (Å²) in [6.45, 7) is 0.495. The number of thiazole rings is 1. The van der Waals surface area contributed by atoms with Crippen molar-refractivity contribution < 1.29 is 14.7 Å². The van der Waals surface area contributed by atoms with Crippen molar-refractivity contribution in [2.45, 2.75) is 11.7 Å². The minimum Gasteiger partial charge on any atom is -0.477 e. The van der Waals surface area contributed by atoms with Gasteiger partial charge in [0.1, 0.15) is 4.88 Å². The predicted octanol–water partition coefficient (Wildman–Crippen LogP) is 0.876. The first kappa shape index (κ1) is 10.4. The lowest BCUT2D eigenvalue weighted by Gasteiger charge is -2.10. The Balaban J connectivity index is 2.23. The number of carbonyl (C=O) groups excluding carboxylic acids is 1. The minimum absolute atomic E-state index is 0.00896. The van der Waals surface area contributed by atoms with Crippen molar-refractivity contribution in [3.05, 3.63) is 11.1 Å². The van der Waals surface area contributed by atoms with Crippen LogP contribution in [0, 0.1) is 0 Å². The number of amides is 1. The lowest BCUT2D eigenvalue weighted by atomic mass is 10.4. The van der Waals surface area contributed by atoms with E-state index in [0.29, 0.717) is 18.1 Å². The van der Waals surface area contributed by atoms with Crippen LogP contribution in [0.5, 0.6) is 0 Å². The van der Waals surface area contributed by atoms with Crippen LogP contribution in [0.25, 0.3) is 0 Å². The maximum atomic E-state index is 11.5. The van der Waals surface area contributed by atoms with Gasteiger partial charge in [0.25, 0.3) is 0 Å². The fourth-order valence-corrected chi connectivity index (χ4v) is 2.46. The fourth-order valence-electron chi connectivity index (χ4n) is 1.36. The molecular weight excluding hydrogens is 236 g/mol. The summed E-state index contributed by atoms with van der Waals surface area (Å²) in [6.07, 6.45) is 1.65. The van der Waals surface area contributed by atoms with Crippen LogP contribution in [0.1, 0.15) is 16.1 Å². The van der Waals surface area contributed by atoms with Crippen LogP contribution in [0.2, 0.25) is 0 Å². The van der Waals surface area contributed by atoms with E-state index in [4.69, 9.17) is 5.11 Å². The standard InChI is InChI=1S/C8H8N2O3S2/c11-6-1-4(14)3-10(6)8-9-2-5(15-8)7(12)13/h2,4,14H,1,3H2,(H,12,13). The Bertz CT molecular complexity index is 418. The van der Waals surface area contributed by atoms with Crippen molar-refractivity contribution >= 4 is 41.0 Å². The molecule has 5 nitrogen and oxygen atoms in total. The van der Waals surface area contributed by atoms with Crippen LogP contribution in [0.15, 0.2) is 6.20 Å². The molecule has 1 aliphatic heterocycles. The van der Waals surface area contributed by atoms with E-state index in [1.54, 1.807) is 0 Å². The van der Waals surface area contributed by atoms with Gasteiger partial charge < -0.3 is 5.11 Å². The van der Waals surface area contributed by atoms with E-state index in [2.05, 4.69) is 17.6 Å². The summed E-state index contributed by atoms with van der Waals surface area (Å²) in [5.74, 6) is -1.07. The zero-order chi connectivity index (χ0) is 11.0. The first-order valence-electron chi connectivity index (χ1n) is 4.25. The fraction of sp³-hybridized carbons (Fsp3) is 0.375. The molecule has 1 aliphatic rings. The number of aromatic carboxylic acids is 1. The predicted molar refractivity (Wildman–Crippen MR) is 58.8 cm³/mol. The number of carboxylic acids is 1. The third-order valence-corrected chi connectivity index (χ3v) is 3.39. The topological polar surface area (TPSA) is 70.5 Å². The van der Waals surface area contributed by atoms with E-state index < -0.39 is 5.97 Å². The smallest absolute Gasteiger partial charge is 0.347 e. The molecule has 0 bridgehead atoms. The first-order valence-corrected chi connectivity index (χ1v) is 5.59. The van der Waals surface area contributed by atoms with Crippen molar-refractivity contribution in [2.24, 2.45) is 0 Å². The van der Waals surface area contributed by atoms with E-state index in [0.717, 1.165) is 11.3 Å². The summed E-state index contributed by atoms with van der Waals surface area (Å²) >= 11 is 5.21. The van der Waals surface area contributed by atoms with Gasteiger partial charge in [-0.05, 0) is 0 Å². The van der Waals surface area contributed by atoms with Gasteiger partial charge in [-0.1, -0.05) is 11.3 Å². The SMILES string of the molecule is O=C(O)c1cnc(N2CC(S)CC2=O)s1. The highest BCUT2D eigenvalue weighted by atomic mass is 32.1. The maximum Gasteiger partial charge on any atom is 0.347 e. The third kappa shape index (κ3) is 1.98. The molecule has 1 amide bonds. The molecule has 1 unspecified atom stereocenters. The van der Waals surface area contributed by atoms with Crippen LogP contribution in [0.3, 0.4) is 0 Å². The molecule has 1 aromatic heterocycles. The van der Waals surface area contributed by atoms with Crippen LogP contribution in [-0.2, 0) is 4.79 Å². The van der Waals surface area contributed by atoms with E-state index in [1.807, 2.05) is 0 Å². The summed E-state index contributed by atoms with van der Waals surface area (Å²) in [4.78, 5) is 27.6. The highest BCUT2D eigenvalue weighted by Crippen LogP contribution is 2.28. The van der Waals surface area contributed by atoms with Gasteiger partial charge in [0, 0.05) is 18.2 Å². The summed E-state index contributed by atoms with van der Waals surface area (Å²) in [7, 11) is 0. The zero-order valence-corrected chi connectivity index (χ0v) is 9.29. The Morgan fingerprint density at radius 2 is 2.47 bits per heavy atom. The number of hydrogen-bond donors (Lipinski definition) is 2. The maximum absolute atomic E-state index is 11.5. The molecule has 0 aliphatic carbocycles. The van der Waals surface area contributed by atoms with Crippen LogP contribution in [0.4, 0.5) is 5.13 Å². The Morgan fingerprint density at radius 1 is 1.73 bits per heavy atom. The van der Waals surface area contributed by atoms with Crippen molar-refractivity contribution in [1.82, 2.24) is 4.98 Å². The van der Waals surface area contributed by atoms with Crippen LogP contribution in [-0.4, -0.2) is 33.8 Å². The number of thiol groups is 1. The number of carboxylic acid groups (broad SMARTS) is 1. The zero-order valence-electron chi connectivity index (χ0n) is 7.58. The van der Waals surface area contributed by atoms with Crippen molar-refractivity contribution in [2.75, 3.05) is 11.4 Å². The second kappa shape index (κ2) is 3.82. The molecule has 0 spiro atoms. The molecule has 1 aromatic rings. The molecule has 0 saturated carbocycles. The average molecular weight is 244 g/mol. The highest BCUT2D eigenvalue weighted by Gasteiger charge is 2.30. The van der Waals surface area contributed by atoms with E-state index in [-0.39, 0.29) is 16.0 Å². The number of carbonyl (C=O) groups is 2. The van der Waals surface area contributed by atoms with Crippen molar-refractivity contribution in [1.29, 1.82) is 0 Å². The molecule has 2 rings (SSSR count). The van der Waals surface area contributed by atoms with E-state index in [1.165, 1.54) is 11.1 Å². The molecule has 0 radical (unpaired) electrons. The van der Waals surface area contributed by atoms with E-state index in [9.17, 15) is 9.59 Å². The quantitative estimate of drug-likeness (QED) is 0.757. The first-order chi connectivity index (χ1) is 7.08. The van der Waals surface area contributed by atoms with Gasteiger partial charge in [0.05, 0.1) is 6.20 Å². The molecule has 80 valence electrons. The summed E-state index contributed by atoms with van der Waals surface area (Å²) < 4.78 is 0. The number of aromatic nitrogens is 1. The molecule has 15 heavy (non-hydrogen) atoms. The normalized spacial score (nSPS) is 21.0. The summed E-state index contributed by atoms with van der Waals surface area (Å²) in [6, 6.07) is 0. The minimum atomic E-state index is -1.02. The van der Waals surface area contributed by atoms with Gasteiger partial charge in [-0.25, -0.2) is 9.78 Å². The van der Waals surface area contributed by atoms with Gasteiger partial charge in [-0.2, -0.15) is 12.6 Å². The Kier molecular flexibility index (Phi) is 2.66. The second-order valence-corrected chi connectivity index (χ2v) is 4.91. The van der Waals surface area contributed by atoms with Gasteiger partial charge >= 0.3 is 5.97 Å². The second-order valence-electron chi connectivity index (χ2n) is 3.17. The third-order valence-electron chi connectivity index (χ3n) is 2.04. The average Bonchev–Trinajstić information content (AvgIpc) is 2.71. The lowest BCUT2D eigenvalue weighted by molar-refractivity contribution is -0.117. The molecule has 2 heterocycles. The Labute approximate surface area is 95.1 Å². The molecule has 0 aromatic carbocycles. The van der Waals surface area contributed by atoms with Gasteiger partial charge in [0.2, 0.25) is 5.91 Å². The summed E-state index contributed by atoms with van der Waals surface area (Å²) in [5, 5.41) is 9.16. The molecule has 1 N–H and O–H groups in total. The Morgan fingerprint density at radius 3 is 2.93 bits per heavy atom. The lowest BCUT2D eigenvalue weighted by Crippen LogP contribution is -2.24. The van der Waals surface area contributed by atoms with E-state index >= 15 is 0 Å². The van der Waals surface area contributed by atoms with Gasteiger partial charge in [0.15, 0.2) is 5.13 Å². The monoisotopic (exact) mass is 244 g/mol. The van der Waals surface area contributed by atoms with Gasteiger partial charge in [-0.3, -0.25) is 9.69 Å². The number of nitrogens with zero attached hydrogens (tertiary/aromatic N) is 2. The number of anilines is 1. The molecule has 1 fully saturated rings. The highest BCUT2D eigenvalue weighted by molar-refractivity contribution is 7.81. The van der Waals surface area contributed by atoms with Crippen molar-refractivity contribution in [3.63, 3.8) is 0 Å². The number of hydrogen-bond acceptors (Lipinski definition) is 5. The molecular formula is C8H8N2O3S2.